The summed E-state index contributed by atoms with van der Waals surface area (Å²) in [6.45, 7) is 1.69. The molecule has 2 aromatic rings. The lowest BCUT2D eigenvalue weighted by atomic mass is 9.83. The molecule has 2 aliphatic rings. The topological polar surface area (TPSA) is 60.4 Å². The molecule has 0 bridgehead atoms. The highest BCUT2D eigenvalue weighted by Gasteiger charge is 2.37. The summed E-state index contributed by atoms with van der Waals surface area (Å²) in [7, 11) is 6.53. The monoisotopic (exact) mass is 371 g/mol. The summed E-state index contributed by atoms with van der Waals surface area (Å²) < 4.78 is 22.2. The minimum Gasteiger partial charge on any atom is -0.504 e. The molecule has 2 heterocycles. The standard InChI is InChI=1S/C21H25NO5/c1-24-17-6-5-12-9-15-18-13(10-16(23)20(26-3)21(18)27-4)7-8-22(15)11-14(12)19(17)25-2/h5-6,10,15,23H,7-9,11H2,1-4H3. The molecule has 144 valence electrons. The molecule has 6 heteroatoms. The quantitative estimate of drug-likeness (QED) is 0.891. The van der Waals surface area contributed by atoms with Crippen LogP contribution in [0.2, 0.25) is 0 Å². The maximum Gasteiger partial charge on any atom is 0.203 e. The van der Waals surface area contributed by atoms with Crippen LogP contribution in [0.1, 0.15) is 28.3 Å². The number of fused-ring (bicyclic) bond motifs is 4. The number of hydrogen-bond acceptors (Lipinski definition) is 6. The number of hydrogen-bond donors (Lipinski definition) is 1. The smallest absolute Gasteiger partial charge is 0.203 e. The molecule has 4 rings (SSSR count). The van der Waals surface area contributed by atoms with Crippen LogP contribution in [-0.4, -0.2) is 45.0 Å². The zero-order valence-corrected chi connectivity index (χ0v) is 16.2. The van der Waals surface area contributed by atoms with Crippen LogP contribution in [0, 0.1) is 0 Å². The number of phenols is 1. The van der Waals surface area contributed by atoms with Gasteiger partial charge in [0.25, 0.3) is 0 Å². The van der Waals surface area contributed by atoms with E-state index in [4.69, 9.17) is 18.9 Å². The number of nitrogens with zero attached hydrogens (tertiary/aromatic N) is 1. The van der Waals surface area contributed by atoms with Crippen LogP contribution in [0.3, 0.4) is 0 Å². The second kappa shape index (κ2) is 6.85. The molecular weight excluding hydrogens is 346 g/mol. The predicted octanol–water partition coefficient (Wildman–Crippen LogP) is 3.08. The lowest BCUT2D eigenvalue weighted by Gasteiger charge is -2.42. The second-order valence-corrected chi connectivity index (χ2v) is 6.91. The molecule has 0 aromatic heterocycles. The van der Waals surface area contributed by atoms with E-state index in [9.17, 15) is 5.11 Å². The van der Waals surface area contributed by atoms with E-state index in [1.807, 2.05) is 12.1 Å². The third-order valence-corrected chi connectivity index (χ3v) is 5.71. The summed E-state index contributed by atoms with van der Waals surface area (Å²) in [6.07, 6.45) is 1.69. The normalized spacial score (nSPS) is 18.1. The molecule has 0 fully saturated rings. The molecule has 0 aliphatic carbocycles. The first kappa shape index (κ1) is 17.8. The predicted molar refractivity (Wildman–Crippen MR) is 101 cm³/mol. The lowest BCUT2D eigenvalue weighted by Crippen LogP contribution is -2.39. The van der Waals surface area contributed by atoms with Crippen LogP contribution in [0.5, 0.6) is 28.7 Å². The van der Waals surface area contributed by atoms with Crippen molar-refractivity contribution in [2.24, 2.45) is 0 Å². The van der Waals surface area contributed by atoms with E-state index < -0.39 is 0 Å². The van der Waals surface area contributed by atoms with Crippen LogP contribution in [0.15, 0.2) is 18.2 Å². The van der Waals surface area contributed by atoms with E-state index in [1.54, 1.807) is 28.4 Å². The van der Waals surface area contributed by atoms with Crippen LogP contribution in [0.4, 0.5) is 0 Å². The molecule has 1 atom stereocenters. The van der Waals surface area contributed by atoms with Gasteiger partial charge in [-0.25, -0.2) is 0 Å². The Balaban J connectivity index is 1.83. The van der Waals surface area contributed by atoms with E-state index in [2.05, 4.69) is 11.0 Å². The maximum atomic E-state index is 10.3. The number of phenolic OH excluding ortho intramolecular Hbond substituents is 1. The van der Waals surface area contributed by atoms with Gasteiger partial charge in [0.1, 0.15) is 0 Å². The fraction of sp³-hybridized carbons (Fsp3) is 0.429. The molecule has 1 unspecified atom stereocenters. The maximum absolute atomic E-state index is 10.3. The Labute approximate surface area is 159 Å². The van der Waals surface area contributed by atoms with Gasteiger partial charge in [-0.15, -0.1) is 0 Å². The fourth-order valence-electron chi connectivity index (χ4n) is 4.50. The molecule has 0 radical (unpaired) electrons. The van der Waals surface area contributed by atoms with Crippen molar-refractivity contribution in [1.29, 1.82) is 0 Å². The van der Waals surface area contributed by atoms with Gasteiger partial charge < -0.3 is 24.1 Å². The van der Waals surface area contributed by atoms with Crippen LogP contribution in [0.25, 0.3) is 0 Å². The third-order valence-electron chi connectivity index (χ3n) is 5.71. The molecule has 0 amide bonds. The van der Waals surface area contributed by atoms with Crippen molar-refractivity contribution in [1.82, 2.24) is 4.90 Å². The molecule has 27 heavy (non-hydrogen) atoms. The molecule has 1 N–H and O–H groups in total. The average molecular weight is 371 g/mol. The van der Waals surface area contributed by atoms with Crippen molar-refractivity contribution in [2.75, 3.05) is 35.0 Å². The summed E-state index contributed by atoms with van der Waals surface area (Å²) in [5, 5.41) is 10.3. The number of ether oxygens (including phenoxy) is 4. The zero-order valence-electron chi connectivity index (χ0n) is 16.2. The molecule has 0 saturated heterocycles. The van der Waals surface area contributed by atoms with Crippen molar-refractivity contribution in [3.8, 4) is 28.7 Å². The fourth-order valence-corrected chi connectivity index (χ4v) is 4.50. The summed E-state index contributed by atoms with van der Waals surface area (Å²) in [5.74, 6) is 2.73. The molecule has 6 nitrogen and oxygen atoms in total. The van der Waals surface area contributed by atoms with Gasteiger partial charge in [-0.3, -0.25) is 4.90 Å². The Kier molecular flexibility index (Phi) is 4.52. The SMILES string of the molecule is COc1ccc2c(c1OC)CN1CCc3cc(O)c(OC)c(OC)c3C1C2. The third kappa shape index (κ3) is 2.67. The first-order valence-corrected chi connectivity index (χ1v) is 9.06. The summed E-state index contributed by atoms with van der Waals surface area (Å²) in [6, 6.07) is 6.07. The van der Waals surface area contributed by atoms with Gasteiger partial charge in [0.15, 0.2) is 23.0 Å². The number of methoxy groups -OCH3 is 4. The lowest BCUT2D eigenvalue weighted by molar-refractivity contribution is 0.153. The van der Waals surface area contributed by atoms with Crippen LogP contribution < -0.4 is 18.9 Å². The van der Waals surface area contributed by atoms with E-state index in [1.165, 1.54) is 11.1 Å². The number of rotatable bonds is 4. The summed E-state index contributed by atoms with van der Waals surface area (Å²) in [5.41, 5.74) is 4.66. The van der Waals surface area contributed by atoms with E-state index >= 15 is 0 Å². The van der Waals surface area contributed by atoms with Gasteiger partial charge >= 0.3 is 0 Å². The van der Waals surface area contributed by atoms with E-state index in [0.29, 0.717) is 11.5 Å². The Morgan fingerprint density at radius 1 is 0.926 bits per heavy atom. The summed E-state index contributed by atoms with van der Waals surface area (Å²) >= 11 is 0. The van der Waals surface area contributed by atoms with Crippen molar-refractivity contribution in [3.05, 3.63) is 40.5 Å². The van der Waals surface area contributed by atoms with Crippen LogP contribution in [-0.2, 0) is 19.4 Å². The van der Waals surface area contributed by atoms with E-state index in [-0.39, 0.29) is 11.8 Å². The van der Waals surface area contributed by atoms with Crippen molar-refractivity contribution in [3.63, 3.8) is 0 Å². The number of aromatic hydroxyl groups is 1. The second-order valence-electron chi connectivity index (χ2n) is 6.91. The van der Waals surface area contributed by atoms with Gasteiger partial charge in [-0.2, -0.15) is 0 Å². The minimum atomic E-state index is 0.129. The van der Waals surface area contributed by atoms with Gasteiger partial charge in [-0.05, 0) is 36.1 Å². The molecular formula is C21H25NO5. The highest BCUT2D eigenvalue weighted by atomic mass is 16.5. The van der Waals surface area contributed by atoms with Crippen molar-refractivity contribution in [2.45, 2.75) is 25.4 Å². The van der Waals surface area contributed by atoms with Gasteiger partial charge in [0.05, 0.1) is 28.4 Å². The Morgan fingerprint density at radius 2 is 1.67 bits per heavy atom. The van der Waals surface area contributed by atoms with Crippen molar-refractivity contribution < 1.29 is 24.1 Å². The molecule has 0 saturated carbocycles. The Hall–Kier alpha value is -2.60. The average Bonchev–Trinajstić information content (AvgIpc) is 2.70. The van der Waals surface area contributed by atoms with Gasteiger partial charge in [0, 0.05) is 30.3 Å². The highest BCUT2D eigenvalue weighted by Crippen LogP contribution is 2.50. The molecule has 0 spiro atoms. The Morgan fingerprint density at radius 3 is 2.33 bits per heavy atom. The minimum absolute atomic E-state index is 0.129. The number of benzene rings is 2. The molecule has 2 aromatic carbocycles. The van der Waals surface area contributed by atoms with Crippen LogP contribution >= 0.6 is 0 Å². The molecule has 2 aliphatic heterocycles. The summed E-state index contributed by atoms with van der Waals surface area (Å²) in [4.78, 5) is 2.44. The largest absolute Gasteiger partial charge is 0.504 e. The zero-order chi connectivity index (χ0) is 19.1. The van der Waals surface area contributed by atoms with Crippen molar-refractivity contribution >= 4 is 0 Å². The van der Waals surface area contributed by atoms with Gasteiger partial charge in [0.2, 0.25) is 5.75 Å². The highest BCUT2D eigenvalue weighted by molar-refractivity contribution is 5.61. The first-order chi connectivity index (χ1) is 13.1. The first-order valence-electron chi connectivity index (χ1n) is 9.06. The van der Waals surface area contributed by atoms with Gasteiger partial charge in [-0.1, -0.05) is 6.07 Å². The Bertz CT molecular complexity index is 880. The van der Waals surface area contributed by atoms with E-state index in [0.717, 1.165) is 48.6 Å².